The van der Waals surface area contributed by atoms with Crippen LogP contribution in [0.25, 0.3) is 10.8 Å². The largest absolute Gasteiger partial charge is 0.264 e. The van der Waals surface area contributed by atoms with E-state index in [9.17, 15) is 0 Å². The minimum Gasteiger partial charge on any atom is -0.264 e. The first-order valence-electron chi connectivity index (χ1n) is 5.67. The maximum Gasteiger partial charge on any atom is 0.0346 e. The van der Waals surface area contributed by atoms with Gasteiger partial charge < -0.3 is 0 Å². The van der Waals surface area contributed by atoms with Crippen LogP contribution < -0.4 is 0 Å². The Morgan fingerprint density at radius 3 is 2.00 bits per heavy atom. The summed E-state index contributed by atoms with van der Waals surface area (Å²) in [6.07, 6.45) is 4.93. The Hall–Kier alpha value is -1.37. The molecular weight excluding hydrogens is 182 g/mol. The molecule has 0 saturated carbocycles. The molecule has 2 aromatic rings. The normalized spacial score (nSPS) is 8.27. The van der Waals surface area contributed by atoms with Gasteiger partial charge in [-0.15, -0.1) is 0 Å². The summed E-state index contributed by atoms with van der Waals surface area (Å²) in [4.78, 5) is 4.01. The van der Waals surface area contributed by atoms with E-state index in [2.05, 4.69) is 31.0 Å². The Bertz CT molecular complexity index is 290. The second-order valence-electron chi connectivity index (χ2n) is 2.93. The van der Waals surface area contributed by atoms with E-state index in [0.29, 0.717) is 0 Å². The van der Waals surface area contributed by atoms with Crippen molar-refractivity contribution in [2.75, 3.05) is 0 Å². The monoisotopic (exact) mass is 203 g/mol. The predicted octanol–water partition coefficient (Wildman–Crippen LogP) is 4.68. The van der Waals surface area contributed by atoms with Crippen LogP contribution in [-0.4, -0.2) is 4.98 Å². The molecular formula is C14H21N. The number of hydrogen-bond donors (Lipinski definition) is 0. The topological polar surface area (TPSA) is 12.9 Å². The van der Waals surface area contributed by atoms with E-state index in [1.807, 2.05) is 44.4 Å². The number of hydrogen-bond acceptors (Lipinski definition) is 1. The zero-order valence-corrected chi connectivity index (χ0v) is 10.2. The summed E-state index contributed by atoms with van der Waals surface area (Å²) < 4.78 is 0. The highest BCUT2D eigenvalue weighted by Crippen LogP contribution is 2.09. The average Bonchev–Trinajstić information content (AvgIpc) is 2.33. The summed E-state index contributed by atoms with van der Waals surface area (Å²) in [6, 6.07) is 10.2. The molecule has 1 aromatic carbocycles. The minimum absolute atomic E-state index is 1.20. The molecule has 0 aliphatic carbocycles. The molecule has 0 atom stereocenters. The second-order valence-corrected chi connectivity index (χ2v) is 2.93. The molecule has 1 nitrogen and oxygen atoms in total. The van der Waals surface area contributed by atoms with Crippen molar-refractivity contribution in [3.63, 3.8) is 0 Å². The molecule has 1 heteroatoms. The lowest BCUT2D eigenvalue weighted by Gasteiger charge is -1.91. The van der Waals surface area contributed by atoms with Gasteiger partial charge >= 0.3 is 0 Å². The Morgan fingerprint density at radius 1 is 0.933 bits per heavy atom. The molecule has 0 fully saturated rings. The van der Waals surface area contributed by atoms with Crippen molar-refractivity contribution in [1.29, 1.82) is 0 Å². The molecule has 0 aliphatic heterocycles. The fourth-order valence-corrected chi connectivity index (χ4v) is 1.03. The van der Waals surface area contributed by atoms with Crippen molar-refractivity contribution in [3.8, 4) is 0 Å². The number of rotatable bonds is 0. The van der Waals surface area contributed by atoms with Gasteiger partial charge in [0, 0.05) is 12.4 Å². The first kappa shape index (κ1) is 13.6. The number of benzene rings is 1. The van der Waals surface area contributed by atoms with Gasteiger partial charge in [-0.25, -0.2) is 0 Å². The van der Waals surface area contributed by atoms with Gasteiger partial charge in [0.2, 0.25) is 0 Å². The third-order valence-electron chi connectivity index (χ3n) is 1.55. The van der Waals surface area contributed by atoms with E-state index in [0.717, 1.165) is 0 Å². The van der Waals surface area contributed by atoms with Crippen molar-refractivity contribution < 1.29 is 0 Å². The number of aromatic nitrogens is 1. The molecule has 0 bridgehead atoms. The Balaban J connectivity index is 0.000000342. The van der Waals surface area contributed by atoms with Gasteiger partial charge in [-0.3, -0.25) is 4.98 Å². The van der Waals surface area contributed by atoms with Gasteiger partial charge in [-0.05, 0) is 16.8 Å². The van der Waals surface area contributed by atoms with Crippen molar-refractivity contribution in [1.82, 2.24) is 4.98 Å². The van der Waals surface area contributed by atoms with Crippen molar-refractivity contribution in [2.45, 2.75) is 34.1 Å². The van der Waals surface area contributed by atoms with Crippen LogP contribution in [0.5, 0.6) is 0 Å². The first-order valence-corrected chi connectivity index (χ1v) is 5.67. The van der Waals surface area contributed by atoms with Crippen LogP contribution in [0.2, 0.25) is 0 Å². The molecule has 0 radical (unpaired) electrons. The molecule has 0 amide bonds. The number of fused-ring (bicyclic) bond motifs is 1. The smallest absolute Gasteiger partial charge is 0.0346 e. The van der Waals surface area contributed by atoms with Crippen LogP contribution in [0.3, 0.4) is 0 Å². The molecule has 15 heavy (non-hydrogen) atoms. The van der Waals surface area contributed by atoms with Crippen molar-refractivity contribution >= 4 is 10.8 Å². The van der Waals surface area contributed by atoms with E-state index < -0.39 is 0 Å². The molecule has 0 aliphatic rings. The first-order chi connectivity index (χ1) is 7.38. The summed E-state index contributed by atoms with van der Waals surface area (Å²) >= 11 is 0. The molecule has 1 heterocycles. The quantitative estimate of drug-likeness (QED) is 0.606. The highest BCUT2D eigenvalue weighted by Gasteiger charge is 1.86. The molecule has 82 valence electrons. The van der Waals surface area contributed by atoms with Gasteiger partial charge in [0.15, 0.2) is 0 Å². The molecule has 1 aromatic heterocycles. The van der Waals surface area contributed by atoms with E-state index >= 15 is 0 Å². The van der Waals surface area contributed by atoms with Gasteiger partial charge in [-0.2, -0.15) is 0 Å². The van der Waals surface area contributed by atoms with Crippen LogP contribution in [0.4, 0.5) is 0 Å². The molecule has 0 unspecified atom stereocenters. The fraction of sp³-hybridized carbons (Fsp3) is 0.357. The summed E-state index contributed by atoms with van der Waals surface area (Å²) in [5, 5.41) is 2.45. The predicted molar refractivity (Wildman–Crippen MR) is 69.1 cm³/mol. The Labute approximate surface area is 93.2 Å². The van der Waals surface area contributed by atoms with Crippen LogP contribution in [-0.2, 0) is 0 Å². The molecule has 2 rings (SSSR count). The van der Waals surface area contributed by atoms with E-state index in [4.69, 9.17) is 0 Å². The Morgan fingerprint density at radius 2 is 1.47 bits per heavy atom. The van der Waals surface area contributed by atoms with E-state index in [-0.39, 0.29) is 0 Å². The third-order valence-corrected chi connectivity index (χ3v) is 1.55. The lowest BCUT2D eigenvalue weighted by molar-refractivity contribution is 1.09. The third kappa shape index (κ3) is 5.16. The summed E-state index contributed by atoms with van der Waals surface area (Å²) in [6.45, 7) is 8.25. The Kier molecular flexibility index (Phi) is 8.36. The highest BCUT2D eigenvalue weighted by atomic mass is 14.6. The van der Waals surface area contributed by atoms with Crippen LogP contribution >= 0.6 is 0 Å². The lowest BCUT2D eigenvalue weighted by atomic mass is 10.2. The van der Waals surface area contributed by atoms with Gasteiger partial charge in [-0.1, -0.05) is 58.4 Å². The molecule has 0 saturated heterocycles. The van der Waals surface area contributed by atoms with E-state index in [1.54, 1.807) is 0 Å². The lowest BCUT2D eigenvalue weighted by Crippen LogP contribution is -1.71. The van der Waals surface area contributed by atoms with Crippen LogP contribution in [0.15, 0.2) is 42.7 Å². The standard InChI is InChI=1S/C9H7N.C3H8.C2H6/c1-2-4-9-7-10-6-5-8(9)3-1;1-3-2;1-2/h1-7H;3H2,1-2H3;1-2H3. The summed E-state index contributed by atoms with van der Waals surface area (Å²) in [7, 11) is 0. The van der Waals surface area contributed by atoms with E-state index in [1.165, 1.54) is 17.2 Å². The summed E-state index contributed by atoms with van der Waals surface area (Å²) in [5.41, 5.74) is 0. The van der Waals surface area contributed by atoms with Crippen molar-refractivity contribution in [2.24, 2.45) is 0 Å². The van der Waals surface area contributed by atoms with Gasteiger partial charge in [0.05, 0.1) is 0 Å². The number of nitrogens with zero attached hydrogens (tertiary/aromatic N) is 1. The van der Waals surface area contributed by atoms with Crippen molar-refractivity contribution in [3.05, 3.63) is 42.7 Å². The molecule has 0 N–H and O–H groups in total. The summed E-state index contributed by atoms with van der Waals surface area (Å²) in [5.74, 6) is 0. The van der Waals surface area contributed by atoms with Crippen LogP contribution in [0.1, 0.15) is 34.1 Å². The maximum absolute atomic E-state index is 4.01. The van der Waals surface area contributed by atoms with Gasteiger partial charge in [0.1, 0.15) is 0 Å². The highest BCUT2D eigenvalue weighted by molar-refractivity contribution is 5.80. The zero-order chi connectivity index (χ0) is 11.5. The molecule has 0 spiro atoms. The fourth-order valence-electron chi connectivity index (χ4n) is 1.03. The van der Waals surface area contributed by atoms with Crippen LogP contribution in [0, 0.1) is 0 Å². The average molecular weight is 203 g/mol. The zero-order valence-electron chi connectivity index (χ0n) is 10.2. The van der Waals surface area contributed by atoms with Gasteiger partial charge in [0.25, 0.3) is 0 Å². The minimum atomic E-state index is 1.20. The number of pyridine rings is 1. The second kappa shape index (κ2) is 9.20. The maximum atomic E-state index is 4.01. The SMILES string of the molecule is CC.CCC.c1ccc2cnccc2c1.